The number of carbonyl (C=O) groups excluding carboxylic acids is 1. The lowest BCUT2D eigenvalue weighted by atomic mass is 9.89. The van der Waals surface area contributed by atoms with Crippen LogP contribution in [0.25, 0.3) is 0 Å². The van der Waals surface area contributed by atoms with E-state index in [-0.39, 0.29) is 11.8 Å². The Morgan fingerprint density at radius 3 is 3.05 bits per heavy atom. The number of rotatable bonds is 3. The number of nitrogens with one attached hydrogen (secondary N) is 1. The van der Waals surface area contributed by atoms with Gasteiger partial charge in [-0.2, -0.15) is 15.4 Å². The summed E-state index contributed by atoms with van der Waals surface area (Å²) in [6, 6.07) is 0. The van der Waals surface area contributed by atoms with Crippen LogP contribution in [0.4, 0.5) is 0 Å². The highest BCUT2D eigenvalue weighted by Gasteiger charge is 2.29. The van der Waals surface area contributed by atoms with Crippen LogP contribution in [0.2, 0.25) is 0 Å². The van der Waals surface area contributed by atoms with Crippen LogP contribution in [0, 0.1) is 12.8 Å². The number of aromatic nitrogens is 4. The smallest absolute Gasteiger partial charge is 0.226 e. The van der Waals surface area contributed by atoms with Gasteiger partial charge in [0.25, 0.3) is 0 Å². The van der Waals surface area contributed by atoms with Crippen LogP contribution in [-0.4, -0.2) is 38.2 Å². The van der Waals surface area contributed by atoms with Crippen molar-refractivity contribution in [1.82, 2.24) is 25.3 Å². The average molecular weight is 291 g/mol. The fraction of sp³-hybridized carbons (Fsp3) is 0.538. The van der Waals surface area contributed by atoms with Crippen molar-refractivity contribution in [2.75, 3.05) is 7.05 Å². The summed E-state index contributed by atoms with van der Waals surface area (Å²) in [5, 5.41) is 13.9. The summed E-state index contributed by atoms with van der Waals surface area (Å²) in [5.41, 5.74) is 2.90. The van der Waals surface area contributed by atoms with Crippen molar-refractivity contribution in [1.29, 1.82) is 0 Å². The predicted molar refractivity (Wildman–Crippen MR) is 75.2 cm³/mol. The molecule has 0 aromatic carbocycles. The molecule has 0 spiro atoms. The minimum atomic E-state index is 0.0114. The van der Waals surface area contributed by atoms with Crippen molar-refractivity contribution < 1.29 is 4.79 Å². The lowest BCUT2D eigenvalue weighted by molar-refractivity contribution is -0.135. The molecule has 20 heavy (non-hydrogen) atoms. The maximum Gasteiger partial charge on any atom is 0.226 e. The van der Waals surface area contributed by atoms with Crippen molar-refractivity contribution in [2.24, 2.45) is 5.92 Å². The monoisotopic (exact) mass is 291 g/mol. The maximum absolute atomic E-state index is 12.5. The largest absolute Gasteiger partial charge is 0.340 e. The number of aromatic amines is 1. The Kier molecular flexibility index (Phi) is 3.52. The minimum absolute atomic E-state index is 0.0114. The molecular weight excluding hydrogens is 274 g/mol. The van der Waals surface area contributed by atoms with E-state index in [1.54, 1.807) is 16.2 Å². The van der Waals surface area contributed by atoms with Gasteiger partial charge in [0.15, 0.2) is 0 Å². The molecule has 1 unspecified atom stereocenters. The molecule has 1 aliphatic carbocycles. The average Bonchev–Trinajstić information content (AvgIpc) is 3.05. The van der Waals surface area contributed by atoms with Crippen molar-refractivity contribution in [3.05, 3.63) is 27.5 Å². The molecule has 3 rings (SSSR count). The third-order valence-electron chi connectivity index (χ3n) is 3.66. The second kappa shape index (κ2) is 5.32. The lowest BCUT2D eigenvalue weighted by Gasteiger charge is -2.25. The number of aryl methyl sites for hydroxylation is 2. The number of thiazole rings is 1. The first-order chi connectivity index (χ1) is 9.63. The summed E-state index contributed by atoms with van der Waals surface area (Å²) >= 11 is 1.61. The van der Waals surface area contributed by atoms with E-state index in [0.29, 0.717) is 13.0 Å². The summed E-state index contributed by atoms with van der Waals surface area (Å²) < 4.78 is 0. The highest BCUT2D eigenvalue weighted by atomic mass is 32.1. The van der Waals surface area contributed by atoms with Gasteiger partial charge in [0.1, 0.15) is 0 Å². The van der Waals surface area contributed by atoms with E-state index in [4.69, 9.17) is 0 Å². The van der Waals surface area contributed by atoms with Crippen molar-refractivity contribution >= 4 is 17.2 Å². The second-order valence-corrected chi connectivity index (χ2v) is 6.27. The van der Waals surface area contributed by atoms with E-state index in [1.165, 1.54) is 0 Å². The first-order valence-electron chi connectivity index (χ1n) is 6.68. The van der Waals surface area contributed by atoms with Crippen LogP contribution >= 0.6 is 11.3 Å². The van der Waals surface area contributed by atoms with Gasteiger partial charge >= 0.3 is 0 Å². The highest BCUT2D eigenvalue weighted by molar-refractivity contribution is 7.09. The van der Waals surface area contributed by atoms with Crippen LogP contribution in [0.15, 0.2) is 5.38 Å². The van der Waals surface area contributed by atoms with E-state index in [1.807, 2.05) is 19.4 Å². The molecule has 0 radical (unpaired) electrons. The van der Waals surface area contributed by atoms with Gasteiger partial charge in [0, 0.05) is 24.8 Å². The molecule has 7 heteroatoms. The van der Waals surface area contributed by atoms with Gasteiger partial charge in [-0.3, -0.25) is 4.79 Å². The van der Waals surface area contributed by atoms with Gasteiger partial charge in [-0.15, -0.1) is 11.3 Å². The van der Waals surface area contributed by atoms with Crippen LogP contribution in [-0.2, 0) is 24.2 Å². The molecule has 1 aliphatic rings. The van der Waals surface area contributed by atoms with Gasteiger partial charge in [0.05, 0.1) is 28.6 Å². The topological polar surface area (TPSA) is 74.8 Å². The van der Waals surface area contributed by atoms with E-state index < -0.39 is 0 Å². The van der Waals surface area contributed by atoms with Gasteiger partial charge in [0.2, 0.25) is 5.91 Å². The second-order valence-electron chi connectivity index (χ2n) is 5.21. The quantitative estimate of drug-likeness (QED) is 0.926. The number of hydrogen-bond acceptors (Lipinski definition) is 5. The number of fused-ring (bicyclic) bond motifs is 1. The molecule has 0 fully saturated rings. The molecule has 6 nitrogen and oxygen atoms in total. The van der Waals surface area contributed by atoms with Crippen LogP contribution < -0.4 is 0 Å². The first-order valence-corrected chi connectivity index (χ1v) is 7.56. The van der Waals surface area contributed by atoms with Crippen molar-refractivity contribution in [2.45, 2.75) is 32.7 Å². The third-order valence-corrected chi connectivity index (χ3v) is 4.49. The Morgan fingerprint density at radius 2 is 2.30 bits per heavy atom. The number of amides is 1. The molecule has 2 aromatic rings. The molecule has 0 saturated carbocycles. The maximum atomic E-state index is 12.5. The summed E-state index contributed by atoms with van der Waals surface area (Å²) in [4.78, 5) is 18.7. The Hall–Kier alpha value is -1.76. The van der Waals surface area contributed by atoms with E-state index >= 15 is 0 Å². The predicted octanol–water partition coefficient (Wildman–Crippen LogP) is 1.33. The standard InChI is InChI=1S/C13H17N5OS/c1-8-14-10(7-20-8)6-18(2)13(19)9-3-4-11-12(5-9)16-17-15-11/h7,9H,3-6H2,1-2H3,(H,15,16,17). The van der Waals surface area contributed by atoms with E-state index in [2.05, 4.69) is 20.4 Å². The molecule has 0 aliphatic heterocycles. The minimum Gasteiger partial charge on any atom is -0.340 e. The Morgan fingerprint density at radius 1 is 1.50 bits per heavy atom. The zero-order chi connectivity index (χ0) is 14.1. The van der Waals surface area contributed by atoms with Gasteiger partial charge in [-0.05, 0) is 19.8 Å². The molecule has 106 valence electrons. The molecular formula is C13H17N5OS. The molecule has 1 amide bonds. The summed E-state index contributed by atoms with van der Waals surface area (Å²) in [6.07, 6.45) is 2.36. The summed E-state index contributed by atoms with van der Waals surface area (Å²) in [5.74, 6) is 0.182. The fourth-order valence-electron chi connectivity index (χ4n) is 2.61. The molecule has 0 saturated heterocycles. The third kappa shape index (κ3) is 2.58. The van der Waals surface area contributed by atoms with Crippen molar-refractivity contribution in [3.63, 3.8) is 0 Å². The van der Waals surface area contributed by atoms with E-state index in [9.17, 15) is 4.79 Å². The van der Waals surface area contributed by atoms with Crippen LogP contribution in [0.3, 0.4) is 0 Å². The number of carbonyl (C=O) groups is 1. The van der Waals surface area contributed by atoms with Gasteiger partial charge in [-0.1, -0.05) is 0 Å². The lowest BCUT2D eigenvalue weighted by Crippen LogP contribution is -2.35. The molecule has 2 heterocycles. The zero-order valence-corrected chi connectivity index (χ0v) is 12.4. The Labute approximate surface area is 121 Å². The summed E-state index contributed by atoms with van der Waals surface area (Å²) in [6.45, 7) is 2.55. The van der Waals surface area contributed by atoms with Crippen LogP contribution in [0.1, 0.15) is 28.5 Å². The molecule has 2 aromatic heterocycles. The van der Waals surface area contributed by atoms with E-state index in [0.717, 1.165) is 34.9 Å². The Bertz CT molecular complexity index is 620. The molecule has 1 atom stereocenters. The summed E-state index contributed by atoms with van der Waals surface area (Å²) in [7, 11) is 1.84. The zero-order valence-electron chi connectivity index (χ0n) is 11.6. The Balaban J connectivity index is 1.64. The first kappa shape index (κ1) is 13.2. The molecule has 1 N–H and O–H groups in total. The van der Waals surface area contributed by atoms with Crippen molar-refractivity contribution in [3.8, 4) is 0 Å². The number of nitrogens with zero attached hydrogens (tertiary/aromatic N) is 4. The normalized spacial score (nSPS) is 17.8. The fourth-order valence-corrected chi connectivity index (χ4v) is 3.21. The molecule has 0 bridgehead atoms. The number of H-pyrrole nitrogens is 1. The number of hydrogen-bond donors (Lipinski definition) is 1. The van der Waals surface area contributed by atoms with Gasteiger partial charge in [-0.25, -0.2) is 4.98 Å². The SMILES string of the molecule is Cc1nc(CN(C)C(=O)C2CCc3n[nH]nc3C2)cs1. The van der Waals surface area contributed by atoms with Gasteiger partial charge < -0.3 is 4.90 Å². The highest BCUT2D eigenvalue weighted by Crippen LogP contribution is 2.24. The van der Waals surface area contributed by atoms with Crippen LogP contribution in [0.5, 0.6) is 0 Å².